The molecule has 1 saturated carbocycles. The first kappa shape index (κ1) is 16.5. The molecule has 6 heteroatoms. The number of hydrogen-bond donors (Lipinski definition) is 1. The number of aromatic nitrogens is 1. The molecule has 5 rings (SSSR count). The summed E-state index contributed by atoms with van der Waals surface area (Å²) in [6.07, 6.45) is 8.39. The Kier molecular flexibility index (Phi) is 4.33. The molecule has 3 aliphatic heterocycles. The number of hydrogen-bond acceptors (Lipinski definition) is 4. The van der Waals surface area contributed by atoms with Crippen LogP contribution in [-0.2, 0) is 17.8 Å². The first-order valence-corrected chi connectivity index (χ1v) is 10.3. The number of carbonyl (C=O) groups excluding carboxylic acids is 1. The lowest BCUT2D eigenvalue weighted by atomic mass is 9.91. The van der Waals surface area contributed by atoms with Gasteiger partial charge in [-0.05, 0) is 25.7 Å². The molecular formula is C20H29N5O. The van der Waals surface area contributed by atoms with E-state index < -0.39 is 0 Å². The van der Waals surface area contributed by atoms with Gasteiger partial charge in [0.1, 0.15) is 0 Å². The van der Waals surface area contributed by atoms with Gasteiger partial charge in [0.15, 0.2) is 0 Å². The van der Waals surface area contributed by atoms with Crippen LogP contribution in [0.5, 0.6) is 0 Å². The predicted octanol–water partition coefficient (Wildman–Crippen LogP) is -0.127. The van der Waals surface area contributed by atoms with Crippen molar-refractivity contribution in [3.63, 3.8) is 0 Å². The standard InChI is InChI=1S/C20H29N5O/c26-19(25-11-9-24(10-12-25)15-3-1-4-15)14-23-8-6-16-18(13-23)22-17-5-2-7-21-20(16)17/h5,15,22H,1-4,6-14H2. The van der Waals surface area contributed by atoms with Gasteiger partial charge in [-0.1, -0.05) is 12.5 Å². The number of nitrogens with zero attached hydrogens (tertiary/aromatic N) is 4. The van der Waals surface area contributed by atoms with E-state index in [2.05, 4.69) is 25.8 Å². The van der Waals surface area contributed by atoms with Crippen LogP contribution in [0, 0.1) is 0 Å². The van der Waals surface area contributed by atoms with Crippen LogP contribution >= 0.6 is 0 Å². The fourth-order valence-electron chi connectivity index (χ4n) is 4.81. The van der Waals surface area contributed by atoms with E-state index in [1.807, 2.05) is 0 Å². The van der Waals surface area contributed by atoms with Crippen LogP contribution in [0.25, 0.3) is 6.08 Å². The average molecular weight is 355 g/mol. The van der Waals surface area contributed by atoms with Crippen molar-refractivity contribution >= 4 is 12.0 Å². The van der Waals surface area contributed by atoms with Gasteiger partial charge in [-0.2, -0.15) is 0 Å². The van der Waals surface area contributed by atoms with E-state index in [0.717, 1.165) is 64.7 Å². The lowest BCUT2D eigenvalue weighted by Gasteiger charge is -2.43. The van der Waals surface area contributed by atoms with Gasteiger partial charge in [-0.25, -0.2) is 0 Å². The molecule has 1 aliphatic carbocycles. The summed E-state index contributed by atoms with van der Waals surface area (Å²) < 4.78 is 0. The molecular weight excluding hydrogens is 326 g/mol. The van der Waals surface area contributed by atoms with Gasteiger partial charge in [0.25, 0.3) is 0 Å². The van der Waals surface area contributed by atoms with Crippen LogP contribution in [0.3, 0.4) is 0 Å². The van der Waals surface area contributed by atoms with Crippen molar-refractivity contribution in [2.45, 2.75) is 44.7 Å². The van der Waals surface area contributed by atoms with Gasteiger partial charge < -0.3 is 9.88 Å². The van der Waals surface area contributed by atoms with Gasteiger partial charge in [0, 0.05) is 63.1 Å². The number of H-pyrrole nitrogens is 1. The van der Waals surface area contributed by atoms with E-state index in [9.17, 15) is 4.79 Å². The van der Waals surface area contributed by atoms with E-state index in [-0.39, 0.29) is 0 Å². The molecule has 140 valence electrons. The number of piperazine rings is 1. The fraction of sp³-hybridized carbons (Fsp3) is 0.700. The molecule has 0 unspecified atom stereocenters. The molecule has 1 aromatic rings. The Morgan fingerprint density at radius 3 is 2.81 bits per heavy atom. The maximum atomic E-state index is 12.8. The van der Waals surface area contributed by atoms with Crippen molar-refractivity contribution in [1.82, 2.24) is 19.7 Å². The average Bonchev–Trinajstić information content (AvgIpc) is 2.98. The minimum Gasteiger partial charge on any atom is -0.356 e. The zero-order valence-corrected chi connectivity index (χ0v) is 15.5. The monoisotopic (exact) mass is 355 g/mol. The highest BCUT2D eigenvalue weighted by Gasteiger charge is 2.30. The number of carbonyl (C=O) groups is 1. The molecule has 0 bridgehead atoms. The molecule has 4 aliphatic rings. The largest absolute Gasteiger partial charge is 0.356 e. The molecule has 2 fully saturated rings. The quantitative estimate of drug-likeness (QED) is 0.822. The van der Waals surface area contributed by atoms with Crippen LogP contribution in [-0.4, -0.2) is 77.4 Å². The zero-order valence-electron chi connectivity index (χ0n) is 15.5. The second-order valence-corrected chi connectivity index (χ2v) is 8.18. The number of fused-ring (bicyclic) bond motifs is 3. The third-order valence-corrected chi connectivity index (χ3v) is 6.61. The third kappa shape index (κ3) is 2.99. The molecule has 4 heterocycles. The first-order chi connectivity index (χ1) is 12.8. The third-order valence-electron chi connectivity index (χ3n) is 6.61. The second-order valence-electron chi connectivity index (χ2n) is 8.18. The summed E-state index contributed by atoms with van der Waals surface area (Å²) in [6, 6.07) is 0.800. The van der Waals surface area contributed by atoms with Crippen molar-refractivity contribution in [2.24, 2.45) is 4.99 Å². The summed E-state index contributed by atoms with van der Waals surface area (Å²) >= 11 is 0. The van der Waals surface area contributed by atoms with Crippen LogP contribution in [0.2, 0.25) is 0 Å². The smallest absolute Gasteiger partial charge is 0.236 e. The number of aromatic amines is 1. The van der Waals surface area contributed by atoms with Gasteiger partial charge in [0.05, 0.1) is 17.3 Å². The lowest BCUT2D eigenvalue weighted by molar-refractivity contribution is -0.135. The molecule has 0 aromatic carbocycles. The normalized spacial score (nSPS) is 24.2. The molecule has 0 spiro atoms. The Bertz CT molecular complexity index is 801. The maximum absolute atomic E-state index is 12.8. The number of rotatable bonds is 3. The summed E-state index contributed by atoms with van der Waals surface area (Å²) in [7, 11) is 0. The van der Waals surface area contributed by atoms with Gasteiger partial charge in [-0.15, -0.1) is 0 Å². The zero-order chi connectivity index (χ0) is 17.5. The molecule has 26 heavy (non-hydrogen) atoms. The Morgan fingerprint density at radius 2 is 2.04 bits per heavy atom. The highest BCUT2D eigenvalue weighted by molar-refractivity contribution is 5.78. The van der Waals surface area contributed by atoms with Crippen LogP contribution in [0.15, 0.2) is 4.99 Å². The molecule has 1 amide bonds. The second kappa shape index (κ2) is 6.82. The van der Waals surface area contributed by atoms with Gasteiger partial charge in [0.2, 0.25) is 5.91 Å². The molecule has 6 nitrogen and oxygen atoms in total. The number of amides is 1. The van der Waals surface area contributed by atoms with E-state index in [4.69, 9.17) is 4.99 Å². The van der Waals surface area contributed by atoms with Crippen molar-refractivity contribution in [2.75, 3.05) is 45.8 Å². The summed E-state index contributed by atoms with van der Waals surface area (Å²) in [6.45, 7) is 7.18. The molecule has 0 radical (unpaired) electrons. The summed E-state index contributed by atoms with van der Waals surface area (Å²) in [5.74, 6) is 0.300. The van der Waals surface area contributed by atoms with Crippen LogP contribution < -0.4 is 10.7 Å². The SMILES string of the molecule is O=C(CN1CCc2c([nH]c3c2=NCCC=3)C1)N1CCN(C2CCC2)CC1. The van der Waals surface area contributed by atoms with Crippen molar-refractivity contribution in [3.05, 3.63) is 22.0 Å². The highest BCUT2D eigenvalue weighted by atomic mass is 16.2. The Labute approximate surface area is 154 Å². The summed E-state index contributed by atoms with van der Waals surface area (Å²) in [4.78, 5) is 28.0. The van der Waals surface area contributed by atoms with Crippen molar-refractivity contribution in [3.8, 4) is 0 Å². The lowest BCUT2D eigenvalue weighted by Crippen LogP contribution is -2.55. The fourth-order valence-corrected chi connectivity index (χ4v) is 4.81. The topological polar surface area (TPSA) is 54.9 Å². The maximum Gasteiger partial charge on any atom is 0.236 e. The van der Waals surface area contributed by atoms with Crippen LogP contribution in [0.1, 0.15) is 36.9 Å². The van der Waals surface area contributed by atoms with Crippen molar-refractivity contribution in [1.29, 1.82) is 0 Å². The van der Waals surface area contributed by atoms with E-state index in [1.54, 1.807) is 0 Å². The summed E-state index contributed by atoms with van der Waals surface area (Å²) in [5, 5.41) is 2.38. The summed E-state index contributed by atoms with van der Waals surface area (Å²) in [5.41, 5.74) is 2.65. The van der Waals surface area contributed by atoms with E-state index in [1.165, 1.54) is 41.2 Å². The Balaban J connectivity index is 1.19. The Hall–Kier alpha value is -1.66. The minimum absolute atomic E-state index is 0.300. The van der Waals surface area contributed by atoms with Gasteiger partial charge in [-0.3, -0.25) is 19.6 Å². The molecule has 1 N–H and O–H groups in total. The number of nitrogens with one attached hydrogen (secondary N) is 1. The predicted molar refractivity (Wildman–Crippen MR) is 100 cm³/mol. The first-order valence-electron chi connectivity index (χ1n) is 10.3. The van der Waals surface area contributed by atoms with E-state index in [0.29, 0.717) is 12.5 Å². The van der Waals surface area contributed by atoms with Gasteiger partial charge >= 0.3 is 0 Å². The van der Waals surface area contributed by atoms with Crippen LogP contribution in [0.4, 0.5) is 0 Å². The minimum atomic E-state index is 0.300. The van der Waals surface area contributed by atoms with E-state index >= 15 is 0 Å². The highest BCUT2D eigenvalue weighted by Crippen LogP contribution is 2.25. The van der Waals surface area contributed by atoms with Crippen molar-refractivity contribution < 1.29 is 4.79 Å². The Morgan fingerprint density at radius 1 is 1.19 bits per heavy atom. The molecule has 1 saturated heterocycles. The molecule has 1 aromatic heterocycles. The molecule has 0 atom stereocenters.